The smallest absolute Gasteiger partial charge is 0.332 e. The van der Waals surface area contributed by atoms with Gasteiger partial charge in [-0.05, 0) is 54.8 Å². The van der Waals surface area contributed by atoms with Crippen LogP contribution in [0.25, 0.3) is 0 Å². The molecule has 3 N–H and O–H groups in total. The minimum absolute atomic E-state index is 0.0170. The van der Waals surface area contributed by atoms with Gasteiger partial charge in [0.1, 0.15) is 6.04 Å². The Balaban J connectivity index is 1.48. The minimum Gasteiger partial charge on any atom is -0.352 e. The molecular weight excluding hydrogens is 508 g/mol. The van der Waals surface area contributed by atoms with Gasteiger partial charge < -0.3 is 10.2 Å². The Hall–Kier alpha value is -4.21. The number of rotatable bonds is 9. The maximum atomic E-state index is 13.4. The number of nitrogens with one attached hydrogen (secondary N) is 2. The number of halogens is 1. The molecule has 1 atom stereocenters. The molecule has 0 bridgehead atoms. The molecule has 0 radical (unpaired) electrons. The second-order valence-corrected chi connectivity index (χ2v) is 9.41. The van der Waals surface area contributed by atoms with Gasteiger partial charge in [0.25, 0.3) is 11.8 Å². The second-order valence-electron chi connectivity index (χ2n) is 8.98. The van der Waals surface area contributed by atoms with Crippen molar-refractivity contribution in [3.63, 3.8) is 0 Å². The van der Waals surface area contributed by atoms with Gasteiger partial charge in [0.15, 0.2) is 0 Å². The number of hydroxylamine groups is 1. The molecule has 0 saturated carbocycles. The van der Waals surface area contributed by atoms with Crippen molar-refractivity contribution in [2.45, 2.75) is 38.9 Å². The van der Waals surface area contributed by atoms with E-state index in [4.69, 9.17) is 16.8 Å². The summed E-state index contributed by atoms with van der Waals surface area (Å²) in [6, 6.07) is 19.4. The monoisotopic (exact) mass is 534 g/mol. The van der Waals surface area contributed by atoms with Crippen LogP contribution >= 0.6 is 11.6 Å². The third-order valence-electron chi connectivity index (χ3n) is 6.36. The zero-order chi connectivity index (χ0) is 27.2. The van der Waals surface area contributed by atoms with Gasteiger partial charge in [-0.25, -0.2) is 15.2 Å². The highest BCUT2D eigenvalue weighted by Gasteiger charge is 2.45. The Kier molecular flexibility index (Phi) is 8.40. The normalized spacial score (nSPS) is 15.1. The maximum absolute atomic E-state index is 13.4. The molecule has 1 saturated heterocycles. The van der Waals surface area contributed by atoms with Crippen molar-refractivity contribution in [2.75, 3.05) is 4.90 Å². The average molecular weight is 535 g/mol. The van der Waals surface area contributed by atoms with Gasteiger partial charge in [-0.15, -0.1) is 0 Å². The number of nitrogens with zero attached hydrogens (tertiary/aromatic N) is 2. The van der Waals surface area contributed by atoms with E-state index in [0.29, 0.717) is 16.3 Å². The van der Waals surface area contributed by atoms with Crippen LogP contribution in [0.15, 0.2) is 72.8 Å². The van der Waals surface area contributed by atoms with Gasteiger partial charge in [0.05, 0.1) is 5.69 Å². The van der Waals surface area contributed by atoms with Crippen LogP contribution in [0.1, 0.15) is 39.9 Å². The van der Waals surface area contributed by atoms with E-state index in [-0.39, 0.29) is 37.4 Å². The SMILES string of the molecule is Cc1ccc(CN2C(=O)N(c3ccc(Cl)cc3)C(=O)C2CCC(=O)NCc2ccccc2C(=O)NO)cc1. The summed E-state index contributed by atoms with van der Waals surface area (Å²) in [4.78, 5) is 54.0. The summed E-state index contributed by atoms with van der Waals surface area (Å²) in [5.74, 6) is -1.44. The predicted molar refractivity (Wildman–Crippen MR) is 142 cm³/mol. The number of aryl methyl sites for hydroxylation is 1. The lowest BCUT2D eigenvalue weighted by atomic mass is 10.1. The van der Waals surface area contributed by atoms with E-state index in [1.807, 2.05) is 31.2 Å². The summed E-state index contributed by atoms with van der Waals surface area (Å²) in [7, 11) is 0. The van der Waals surface area contributed by atoms with Crippen molar-refractivity contribution < 1.29 is 24.4 Å². The molecule has 1 fully saturated rings. The molecule has 1 aliphatic rings. The molecule has 1 heterocycles. The molecular formula is C28H27ClN4O5. The molecule has 38 heavy (non-hydrogen) atoms. The number of carbonyl (C=O) groups excluding carboxylic acids is 4. The van der Waals surface area contributed by atoms with Crippen LogP contribution in [-0.4, -0.2) is 39.9 Å². The Morgan fingerprint density at radius 2 is 1.66 bits per heavy atom. The fourth-order valence-electron chi connectivity index (χ4n) is 4.32. The minimum atomic E-state index is -0.835. The summed E-state index contributed by atoms with van der Waals surface area (Å²) >= 11 is 5.98. The Morgan fingerprint density at radius 1 is 0.974 bits per heavy atom. The maximum Gasteiger partial charge on any atom is 0.332 e. The largest absolute Gasteiger partial charge is 0.352 e. The van der Waals surface area contributed by atoms with Crippen LogP contribution in [0.3, 0.4) is 0 Å². The first-order chi connectivity index (χ1) is 18.3. The van der Waals surface area contributed by atoms with E-state index in [2.05, 4.69) is 5.32 Å². The fourth-order valence-corrected chi connectivity index (χ4v) is 4.45. The predicted octanol–water partition coefficient (Wildman–Crippen LogP) is 4.20. The lowest BCUT2D eigenvalue weighted by molar-refractivity contribution is -0.122. The van der Waals surface area contributed by atoms with E-state index < -0.39 is 23.9 Å². The molecule has 10 heteroatoms. The molecule has 0 aliphatic carbocycles. The first-order valence-electron chi connectivity index (χ1n) is 12.0. The highest BCUT2D eigenvalue weighted by molar-refractivity contribution is 6.30. The van der Waals surface area contributed by atoms with Gasteiger partial charge in [-0.3, -0.25) is 19.6 Å². The van der Waals surface area contributed by atoms with Crippen LogP contribution < -0.4 is 15.7 Å². The van der Waals surface area contributed by atoms with Crippen molar-refractivity contribution in [1.82, 2.24) is 15.7 Å². The third kappa shape index (κ3) is 6.01. The molecule has 1 aliphatic heterocycles. The van der Waals surface area contributed by atoms with Gasteiger partial charge in [-0.1, -0.05) is 59.6 Å². The zero-order valence-corrected chi connectivity index (χ0v) is 21.4. The lowest BCUT2D eigenvalue weighted by Crippen LogP contribution is -2.36. The van der Waals surface area contributed by atoms with Crippen molar-refractivity contribution in [3.8, 4) is 0 Å². The van der Waals surface area contributed by atoms with Crippen LogP contribution in [-0.2, 0) is 22.7 Å². The molecule has 3 aromatic carbocycles. The summed E-state index contributed by atoms with van der Waals surface area (Å²) in [6.07, 6.45) is 0.0992. The van der Waals surface area contributed by atoms with Gasteiger partial charge in [-0.2, -0.15) is 0 Å². The van der Waals surface area contributed by atoms with Crippen LogP contribution in [0.5, 0.6) is 0 Å². The Morgan fingerprint density at radius 3 is 2.34 bits per heavy atom. The first-order valence-corrected chi connectivity index (χ1v) is 12.4. The molecule has 3 aromatic rings. The highest BCUT2D eigenvalue weighted by Crippen LogP contribution is 2.30. The number of carbonyl (C=O) groups is 4. The topological polar surface area (TPSA) is 119 Å². The summed E-state index contributed by atoms with van der Waals surface area (Å²) in [6.45, 7) is 2.24. The van der Waals surface area contributed by atoms with Crippen LogP contribution in [0, 0.1) is 6.92 Å². The molecule has 9 nitrogen and oxygen atoms in total. The molecule has 0 spiro atoms. The van der Waals surface area contributed by atoms with E-state index in [0.717, 1.165) is 16.0 Å². The summed E-state index contributed by atoms with van der Waals surface area (Å²) in [5.41, 5.74) is 4.69. The average Bonchev–Trinajstić information content (AvgIpc) is 3.15. The number of imide groups is 1. The van der Waals surface area contributed by atoms with Crippen LogP contribution in [0.2, 0.25) is 5.02 Å². The van der Waals surface area contributed by atoms with Crippen molar-refractivity contribution in [3.05, 3.63) is 100 Å². The van der Waals surface area contributed by atoms with E-state index in [1.54, 1.807) is 47.9 Å². The third-order valence-corrected chi connectivity index (χ3v) is 6.61. The van der Waals surface area contributed by atoms with Crippen molar-refractivity contribution >= 4 is 41.0 Å². The highest BCUT2D eigenvalue weighted by atomic mass is 35.5. The number of benzene rings is 3. The molecule has 1 unspecified atom stereocenters. The van der Waals surface area contributed by atoms with E-state index in [9.17, 15) is 19.2 Å². The quantitative estimate of drug-likeness (QED) is 0.216. The summed E-state index contributed by atoms with van der Waals surface area (Å²) < 4.78 is 0. The number of hydrogen-bond acceptors (Lipinski definition) is 5. The van der Waals surface area contributed by atoms with Crippen LogP contribution in [0.4, 0.5) is 10.5 Å². The van der Waals surface area contributed by atoms with E-state index >= 15 is 0 Å². The number of urea groups is 1. The number of anilines is 1. The van der Waals surface area contributed by atoms with Crippen molar-refractivity contribution in [1.29, 1.82) is 0 Å². The fraction of sp³-hybridized carbons (Fsp3) is 0.214. The number of hydrogen-bond donors (Lipinski definition) is 3. The van der Waals surface area contributed by atoms with E-state index in [1.165, 1.54) is 11.0 Å². The number of amides is 5. The van der Waals surface area contributed by atoms with Gasteiger partial charge in [0.2, 0.25) is 5.91 Å². The first kappa shape index (κ1) is 26.8. The lowest BCUT2D eigenvalue weighted by Gasteiger charge is -2.22. The molecule has 196 valence electrons. The zero-order valence-electron chi connectivity index (χ0n) is 20.7. The Bertz CT molecular complexity index is 1340. The standard InChI is InChI=1S/C28H27ClN4O5/c1-18-6-8-19(9-7-18)17-32-24(27(36)33(28(32)37)22-12-10-21(29)11-13-22)14-15-25(34)30-16-20-4-2-3-5-23(20)26(35)31-38/h2-13,24,38H,14-17H2,1H3,(H,30,34)(H,31,35). The molecule has 5 amide bonds. The Labute approximate surface area is 225 Å². The van der Waals surface area contributed by atoms with Crippen molar-refractivity contribution in [2.24, 2.45) is 0 Å². The van der Waals surface area contributed by atoms with Gasteiger partial charge >= 0.3 is 6.03 Å². The van der Waals surface area contributed by atoms with Gasteiger partial charge in [0, 0.05) is 30.1 Å². The molecule has 4 rings (SSSR count). The summed E-state index contributed by atoms with van der Waals surface area (Å²) in [5, 5.41) is 12.2. The molecule has 0 aromatic heterocycles. The second kappa shape index (κ2) is 11.9.